The Hall–Kier alpha value is -1.88. The summed E-state index contributed by atoms with van der Waals surface area (Å²) in [7, 11) is 0. The van der Waals surface area contributed by atoms with Gasteiger partial charge in [-0.05, 0) is 18.9 Å². The summed E-state index contributed by atoms with van der Waals surface area (Å²) < 4.78 is 6.41. The molecule has 1 heterocycles. The number of benzene rings is 1. The zero-order chi connectivity index (χ0) is 20.9. The second-order valence-corrected chi connectivity index (χ2v) is 8.62. The first-order valence-electron chi connectivity index (χ1n) is 11.2. The molecular formula is C24H35NO3S. The van der Waals surface area contributed by atoms with Gasteiger partial charge in [-0.2, -0.15) is 0 Å². The van der Waals surface area contributed by atoms with E-state index in [1.54, 1.807) is 0 Å². The van der Waals surface area contributed by atoms with Crippen molar-refractivity contribution in [3.8, 4) is 0 Å². The summed E-state index contributed by atoms with van der Waals surface area (Å²) in [6.45, 7) is 4.70. The van der Waals surface area contributed by atoms with Crippen molar-refractivity contribution in [2.24, 2.45) is 0 Å². The third kappa shape index (κ3) is 7.81. The number of ether oxygens (including phenoxy) is 1. The number of fused-ring (bicyclic) bond motifs is 1. The van der Waals surface area contributed by atoms with Crippen LogP contribution >= 0.6 is 11.3 Å². The number of amides is 1. The first-order valence-corrected chi connectivity index (χ1v) is 12.0. The maximum absolute atomic E-state index is 12.6. The predicted octanol–water partition coefficient (Wildman–Crippen LogP) is 7.33. The number of carbonyl (C=O) groups is 2. The number of esters is 1. The van der Waals surface area contributed by atoms with Crippen molar-refractivity contribution in [1.82, 2.24) is 0 Å². The lowest BCUT2D eigenvalue weighted by atomic mass is 10.1. The first-order chi connectivity index (χ1) is 14.2. The Morgan fingerprint density at radius 3 is 2.28 bits per heavy atom. The molecule has 1 aromatic heterocycles. The minimum absolute atomic E-state index is 0.0230. The van der Waals surface area contributed by atoms with E-state index in [9.17, 15) is 9.59 Å². The summed E-state index contributed by atoms with van der Waals surface area (Å²) in [6.07, 6.45) is 11.9. The van der Waals surface area contributed by atoms with Gasteiger partial charge in [0.15, 0.2) is 0 Å². The number of nitrogens with one attached hydrogen (secondary N) is 1. The second-order valence-electron chi connectivity index (χ2n) is 7.56. The number of carbonyl (C=O) groups excluding carboxylic acids is 2. The number of hydrogen-bond acceptors (Lipinski definition) is 4. The van der Waals surface area contributed by atoms with Crippen LogP contribution in [0.15, 0.2) is 24.3 Å². The van der Waals surface area contributed by atoms with E-state index in [0.717, 1.165) is 35.8 Å². The molecule has 0 radical (unpaired) electrons. The molecular weight excluding hydrogens is 382 g/mol. The molecule has 0 unspecified atom stereocenters. The van der Waals surface area contributed by atoms with E-state index in [4.69, 9.17) is 4.74 Å². The van der Waals surface area contributed by atoms with Crippen LogP contribution in [0.5, 0.6) is 0 Å². The molecule has 1 N–H and O–H groups in total. The summed E-state index contributed by atoms with van der Waals surface area (Å²) in [6, 6.07) is 7.73. The lowest BCUT2D eigenvalue weighted by Crippen LogP contribution is -2.14. The minimum atomic E-state index is -0.349. The molecule has 0 bridgehead atoms. The van der Waals surface area contributed by atoms with E-state index < -0.39 is 0 Å². The third-order valence-electron chi connectivity index (χ3n) is 5.04. The van der Waals surface area contributed by atoms with Crippen molar-refractivity contribution in [2.75, 3.05) is 11.9 Å². The average molecular weight is 418 g/mol. The Morgan fingerprint density at radius 1 is 0.897 bits per heavy atom. The summed E-state index contributed by atoms with van der Waals surface area (Å²) in [5.41, 5.74) is 0.492. The number of thiophene rings is 1. The van der Waals surface area contributed by atoms with Crippen molar-refractivity contribution >= 4 is 38.3 Å². The van der Waals surface area contributed by atoms with Crippen molar-refractivity contribution in [1.29, 1.82) is 0 Å². The number of anilines is 1. The van der Waals surface area contributed by atoms with Crippen LogP contribution in [0.25, 0.3) is 10.1 Å². The Bertz CT molecular complexity index is 769. The molecule has 0 spiro atoms. The van der Waals surface area contributed by atoms with Crippen molar-refractivity contribution in [3.63, 3.8) is 0 Å². The maximum atomic E-state index is 12.6. The van der Waals surface area contributed by atoms with Gasteiger partial charge in [0.1, 0.15) is 10.6 Å². The van der Waals surface area contributed by atoms with E-state index in [2.05, 4.69) is 19.2 Å². The highest BCUT2D eigenvalue weighted by Crippen LogP contribution is 2.36. The molecule has 0 saturated carbocycles. The van der Waals surface area contributed by atoms with Crippen LogP contribution in [0.2, 0.25) is 0 Å². The third-order valence-corrected chi connectivity index (χ3v) is 6.13. The normalized spacial score (nSPS) is 11.0. The Balaban J connectivity index is 1.88. The highest BCUT2D eigenvalue weighted by atomic mass is 32.1. The molecule has 4 nitrogen and oxygen atoms in total. The Morgan fingerprint density at radius 2 is 1.55 bits per heavy atom. The van der Waals surface area contributed by atoms with Gasteiger partial charge in [0.25, 0.3) is 0 Å². The molecule has 1 amide bonds. The summed E-state index contributed by atoms with van der Waals surface area (Å²) in [4.78, 5) is 25.1. The largest absolute Gasteiger partial charge is 0.462 e. The van der Waals surface area contributed by atoms with Crippen molar-refractivity contribution < 1.29 is 14.3 Å². The SMILES string of the molecule is CCCCCCCCCCC(=O)Nc1sc2ccccc2c1C(=O)OCCCC. The Kier molecular flexibility index (Phi) is 10.8. The van der Waals surface area contributed by atoms with E-state index in [1.165, 1.54) is 49.9 Å². The summed E-state index contributed by atoms with van der Waals surface area (Å²) in [5.74, 6) is -0.372. The lowest BCUT2D eigenvalue weighted by Gasteiger charge is -2.08. The molecule has 1 aromatic carbocycles. The van der Waals surface area contributed by atoms with Crippen LogP contribution in [-0.4, -0.2) is 18.5 Å². The molecule has 0 saturated heterocycles. The van der Waals surface area contributed by atoms with E-state index in [1.807, 2.05) is 24.3 Å². The van der Waals surface area contributed by atoms with Crippen LogP contribution in [0.1, 0.15) is 94.8 Å². The van der Waals surface area contributed by atoms with E-state index in [-0.39, 0.29) is 11.9 Å². The van der Waals surface area contributed by atoms with Gasteiger partial charge in [0.05, 0.1) is 6.61 Å². The second kappa shape index (κ2) is 13.4. The predicted molar refractivity (Wildman–Crippen MR) is 123 cm³/mol. The molecule has 0 aliphatic rings. The number of unbranched alkanes of at least 4 members (excludes halogenated alkanes) is 8. The van der Waals surface area contributed by atoms with Crippen LogP contribution in [0.3, 0.4) is 0 Å². The fraction of sp³-hybridized carbons (Fsp3) is 0.583. The fourth-order valence-corrected chi connectivity index (χ4v) is 4.43. The zero-order valence-corrected chi connectivity index (χ0v) is 18.7. The van der Waals surface area contributed by atoms with Gasteiger partial charge in [-0.25, -0.2) is 4.79 Å². The molecule has 2 aromatic rings. The molecule has 29 heavy (non-hydrogen) atoms. The average Bonchev–Trinajstić information content (AvgIpc) is 3.07. The highest BCUT2D eigenvalue weighted by Gasteiger charge is 2.21. The molecule has 0 fully saturated rings. The zero-order valence-electron chi connectivity index (χ0n) is 17.9. The van der Waals surface area contributed by atoms with Gasteiger partial charge in [-0.3, -0.25) is 4.79 Å². The van der Waals surface area contributed by atoms with Crippen LogP contribution in [-0.2, 0) is 9.53 Å². The molecule has 5 heteroatoms. The molecule has 0 aliphatic heterocycles. The van der Waals surface area contributed by atoms with Crippen LogP contribution < -0.4 is 5.32 Å². The van der Waals surface area contributed by atoms with Gasteiger partial charge in [-0.1, -0.05) is 83.4 Å². The highest BCUT2D eigenvalue weighted by molar-refractivity contribution is 7.23. The van der Waals surface area contributed by atoms with Gasteiger partial charge in [-0.15, -0.1) is 11.3 Å². The quantitative estimate of drug-likeness (QED) is 0.259. The van der Waals surface area contributed by atoms with E-state index >= 15 is 0 Å². The molecule has 160 valence electrons. The van der Waals surface area contributed by atoms with Crippen LogP contribution in [0.4, 0.5) is 5.00 Å². The minimum Gasteiger partial charge on any atom is -0.462 e. The number of hydrogen-bond donors (Lipinski definition) is 1. The fourth-order valence-electron chi connectivity index (χ4n) is 3.33. The van der Waals surface area contributed by atoms with Gasteiger partial charge >= 0.3 is 5.97 Å². The van der Waals surface area contributed by atoms with Crippen molar-refractivity contribution in [2.45, 2.75) is 84.5 Å². The molecule has 0 atom stereocenters. The van der Waals surface area contributed by atoms with Gasteiger partial charge < -0.3 is 10.1 Å². The van der Waals surface area contributed by atoms with E-state index in [0.29, 0.717) is 23.6 Å². The topological polar surface area (TPSA) is 55.4 Å². The smallest absolute Gasteiger partial charge is 0.341 e. The standard InChI is InChI=1S/C24H35NO3S/c1-3-5-7-8-9-10-11-12-17-21(26)25-23-22(24(27)28-18-6-4-2)19-15-13-14-16-20(19)29-23/h13-16H,3-12,17-18H2,1-2H3,(H,25,26). The monoisotopic (exact) mass is 417 g/mol. The summed E-state index contributed by atoms with van der Waals surface area (Å²) >= 11 is 1.44. The Labute approximate surface area is 179 Å². The lowest BCUT2D eigenvalue weighted by molar-refractivity contribution is -0.116. The molecule has 0 aliphatic carbocycles. The first kappa shape index (κ1) is 23.4. The maximum Gasteiger partial charge on any atom is 0.341 e. The van der Waals surface area contributed by atoms with Gasteiger partial charge in [0.2, 0.25) is 5.91 Å². The van der Waals surface area contributed by atoms with Gasteiger partial charge in [0, 0.05) is 16.5 Å². The van der Waals surface area contributed by atoms with Crippen LogP contribution in [0, 0.1) is 0 Å². The molecule has 2 rings (SSSR count). The van der Waals surface area contributed by atoms with Crippen molar-refractivity contribution in [3.05, 3.63) is 29.8 Å². The summed E-state index contributed by atoms with van der Waals surface area (Å²) in [5, 5.41) is 4.43. The number of rotatable bonds is 14.